The number of rotatable bonds is 5. The summed E-state index contributed by atoms with van der Waals surface area (Å²) in [5, 5.41) is 0. The molecule has 2 amide bonds. The highest BCUT2D eigenvalue weighted by molar-refractivity contribution is 7.89. The summed E-state index contributed by atoms with van der Waals surface area (Å²) in [5.74, 6) is -1.10. The van der Waals surface area contributed by atoms with Crippen LogP contribution in [0.2, 0.25) is 0 Å². The molecule has 160 valence electrons. The summed E-state index contributed by atoms with van der Waals surface area (Å²) >= 11 is 0. The van der Waals surface area contributed by atoms with Crippen LogP contribution in [0.4, 0.5) is 5.69 Å². The van der Waals surface area contributed by atoms with Gasteiger partial charge in [-0.3, -0.25) is 20.4 Å². The van der Waals surface area contributed by atoms with Crippen LogP contribution in [0.15, 0.2) is 53.4 Å². The van der Waals surface area contributed by atoms with E-state index in [0.29, 0.717) is 18.8 Å². The zero-order valence-corrected chi connectivity index (χ0v) is 17.6. The molecule has 1 heterocycles. The molecule has 2 N–H and O–H groups in total. The van der Waals surface area contributed by atoms with Gasteiger partial charge < -0.3 is 9.64 Å². The second-order valence-electron chi connectivity index (χ2n) is 6.90. The van der Waals surface area contributed by atoms with Crippen molar-refractivity contribution in [2.45, 2.75) is 4.90 Å². The second-order valence-corrected chi connectivity index (χ2v) is 8.84. The highest BCUT2D eigenvalue weighted by Gasteiger charge is 2.26. The lowest BCUT2D eigenvalue weighted by molar-refractivity contribution is 0.0730. The van der Waals surface area contributed by atoms with Gasteiger partial charge in [-0.15, -0.1) is 0 Å². The normalized spacial score (nSPS) is 14.7. The molecule has 1 fully saturated rings. The van der Waals surface area contributed by atoms with Crippen molar-refractivity contribution < 1.29 is 22.7 Å². The van der Waals surface area contributed by atoms with Gasteiger partial charge in [0.1, 0.15) is 0 Å². The number of hydrogen-bond acceptors (Lipinski definition) is 6. The van der Waals surface area contributed by atoms with Gasteiger partial charge in [0, 0.05) is 44.0 Å². The molecule has 1 aliphatic rings. The molecule has 0 radical (unpaired) electrons. The zero-order valence-electron chi connectivity index (χ0n) is 16.8. The van der Waals surface area contributed by atoms with Crippen LogP contribution in [0.25, 0.3) is 0 Å². The molecular formula is C20H24N4O5S. The minimum Gasteiger partial charge on any atom is -0.379 e. The van der Waals surface area contributed by atoms with Crippen LogP contribution < -0.4 is 15.8 Å². The molecule has 0 aliphatic carbocycles. The number of benzene rings is 2. The quantitative estimate of drug-likeness (QED) is 0.678. The first-order valence-corrected chi connectivity index (χ1v) is 10.8. The highest BCUT2D eigenvalue weighted by Crippen LogP contribution is 2.18. The molecule has 2 aromatic rings. The topological polar surface area (TPSA) is 108 Å². The molecule has 0 atom stereocenters. The number of hydrogen-bond donors (Lipinski definition) is 2. The predicted molar refractivity (Wildman–Crippen MR) is 112 cm³/mol. The van der Waals surface area contributed by atoms with Crippen LogP contribution in [0.3, 0.4) is 0 Å². The maximum Gasteiger partial charge on any atom is 0.269 e. The Balaban J connectivity index is 1.68. The van der Waals surface area contributed by atoms with Gasteiger partial charge in [-0.25, -0.2) is 8.42 Å². The minimum absolute atomic E-state index is 0.0158. The van der Waals surface area contributed by atoms with Crippen molar-refractivity contribution in [2.24, 2.45) is 0 Å². The summed E-state index contributed by atoms with van der Waals surface area (Å²) in [7, 11) is -0.00814. The van der Waals surface area contributed by atoms with Crippen molar-refractivity contribution in [2.75, 3.05) is 45.3 Å². The Morgan fingerprint density at radius 1 is 0.933 bits per heavy atom. The lowest BCUT2D eigenvalue weighted by Crippen LogP contribution is -2.42. The Morgan fingerprint density at radius 3 is 2.10 bits per heavy atom. The minimum atomic E-state index is -3.72. The van der Waals surface area contributed by atoms with Gasteiger partial charge >= 0.3 is 0 Å². The first-order valence-electron chi connectivity index (χ1n) is 9.35. The van der Waals surface area contributed by atoms with E-state index in [1.54, 1.807) is 18.2 Å². The molecule has 0 spiro atoms. The molecule has 0 aromatic heterocycles. The Hall–Kier alpha value is -2.95. The molecule has 3 rings (SSSR count). The monoisotopic (exact) mass is 432 g/mol. The first kappa shape index (κ1) is 21.8. The molecular weight excluding hydrogens is 408 g/mol. The number of nitrogens with zero attached hydrogens (tertiary/aromatic N) is 2. The second kappa shape index (κ2) is 9.24. The molecule has 1 saturated heterocycles. The van der Waals surface area contributed by atoms with Crippen molar-refractivity contribution in [3.63, 3.8) is 0 Å². The summed E-state index contributed by atoms with van der Waals surface area (Å²) in [6.07, 6.45) is 0. The van der Waals surface area contributed by atoms with E-state index in [4.69, 9.17) is 4.74 Å². The van der Waals surface area contributed by atoms with Crippen molar-refractivity contribution in [1.82, 2.24) is 15.2 Å². The number of sulfonamides is 1. The molecule has 0 saturated carbocycles. The standard InChI is InChI=1S/C20H24N4O5S/c1-23(2)17-7-3-5-15(13-17)19(25)21-22-20(26)16-6-4-8-18(14-16)30(27,28)24-9-11-29-12-10-24/h3-8,13-14H,9-12H2,1-2H3,(H,21,25)(H,22,26). The van der Waals surface area contributed by atoms with Crippen molar-refractivity contribution in [3.05, 3.63) is 59.7 Å². The summed E-state index contributed by atoms with van der Waals surface area (Å²) < 4.78 is 32.0. The molecule has 9 nitrogen and oxygen atoms in total. The van der Waals surface area contributed by atoms with E-state index < -0.39 is 21.8 Å². The maximum absolute atomic E-state index is 12.8. The molecule has 1 aliphatic heterocycles. The average molecular weight is 433 g/mol. The van der Waals surface area contributed by atoms with Crippen LogP contribution in [0, 0.1) is 0 Å². The molecule has 2 aromatic carbocycles. The largest absolute Gasteiger partial charge is 0.379 e. The number of carbonyl (C=O) groups is 2. The van der Waals surface area contributed by atoms with Gasteiger partial charge in [0.15, 0.2) is 0 Å². The number of carbonyl (C=O) groups excluding carboxylic acids is 2. The average Bonchev–Trinajstić information content (AvgIpc) is 2.78. The first-order chi connectivity index (χ1) is 14.3. The van der Waals surface area contributed by atoms with E-state index in [9.17, 15) is 18.0 Å². The smallest absolute Gasteiger partial charge is 0.269 e. The fraction of sp³-hybridized carbons (Fsp3) is 0.300. The zero-order chi connectivity index (χ0) is 21.7. The Kier molecular flexibility index (Phi) is 6.70. The van der Waals surface area contributed by atoms with Gasteiger partial charge in [-0.05, 0) is 36.4 Å². The van der Waals surface area contributed by atoms with Gasteiger partial charge in [-0.1, -0.05) is 12.1 Å². The van der Waals surface area contributed by atoms with Crippen LogP contribution in [0.5, 0.6) is 0 Å². The third-order valence-electron chi connectivity index (χ3n) is 4.62. The third kappa shape index (κ3) is 4.96. The predicted octanol–water partition coefficient (Wildman–Crippen LogP) is 0.848. The highest BCUT2D eigenvalue weighted by atomic mass is 32.2. The number of morpholine rings is 1. The van der Waals surface area contributed by atoms with Gasteiger partial charge in [0.2, 0.25) is 10.0 Å². The fourth-order valence-corrected chi connectivity index (χ4v) is 4.37. The van der Waals surface area contributed by atoms with Crippen molar-refractivity contribution in [3.8, 4) is 0 Å². The fourth-order valence-electron chi connectivity index (χ4n) is 2.92. The summed E-state index contributed by atoms with van der Waals surface area (Å²) in [6.45, 7) is 1.20. The summed E-state index contributed by atoms with van der Waals surface area (Å²) in [4.78, 5) is 26.7. The van der Waals surface area contributed by atoms with Crippen molar-refractivity contribution in [1.29, 1.82) is 0 Å². The Labute approximate surface area is 175 Å². The van der Waals surface area contributed by atoms with E-state index in [0.717, 1.165) is 5.69 Å². The van der Waals surface area contributed by atoms with Crippen LogP contribution >= 0.6 is 0 Å². The van der Waals surface area contributed by atoms with Crippen LogP contribution in [-0.2, 0) is 14.8 Å². The number of anilines is 1. The van der Waals surface area contributed by atoms with Gasteiger partial charge in [0.25, 0.3) is 11.8 Å². The lowest BCUT2D eigenvalue weighted by Gasteiger charge is -2.26. The lowest BCUT2D eigenvalue weighted by atomic mass is 10.2. The van der Waals surface area contributed by atoms with Crippen LogP contribution in [-0.4, -0.2) is 64.9 Å². The summed E-state index contributed by atoms with van der Waals surface area (Å²) in [5.41, 5.74) is 6.01. The maximum atomic E-state index is 12.8. The van der Waals surface area contributed by atoms with E-state index in [2.05, 4.69) is 10.9 Å². The molecule has 0 unspecified atom stereocenters. The van der Waals surface area contributed by atoms with Gasteiger partial charge in [-0.2, -0.15) is 4.31 Å². The number of amides is 2. The number of nitrogens with one attached hydrogen (secondary N) is 2. The van der Waals surface area contributed by atoms with E-state index in [1.165, 1.54) is 28.6 Å². The van der Waals surface area contributed by atoms with Crippen molar-refractivity contribution >= 4 is 27.5 Å². The number of ether oxygens (including phenoxy) is 1. The summed E-state index contributed by atoms with van der Waals surface area (Å²) in [6, 6.07) is 12.6. The van der Waals surface area contributed by atoms with Gasteiger partial charge in [0.05, 0.1) is 18.1 Å². The van der Waals surface area contributed by atoms with E-state index >= 15 is 0 Å². The molecule has 10 heteroatoms. The third-order valence-corrected chi connectivity index (χ3v) is 6.51. The SMILES string of the molecule is CN(C)c1cccc(C(=O)NNC(=O)c2cccc(S(=O)(=O)N3CCOCC3)c2)c1. The Bertz CT molecular complexity index is 1030. The van der Waals surface area contributed by atoms with E-state index in [1.807, 2.05) is 25.1 Å². The van der Waals surface area contributed by atoms with Crippen LogP contribution in [0.1, 0.15) is 20.7 Å². The molecule has 30 heavy (non-hydrogen) atoms. The Morgan fingerprint density at radius 2 is 1.50 bits per heavy atom. The number of hydrazine groups is 1. The molecule has 0 bridgehead atoms. The van der Waals surface area contributed by atoms with E-state index in [-0.39, 0.29) is 23.5 Å².